The van der Waals surface area contributed by atoms with Gasteiger partial charge in [-0.05, 0) is 36.6 Å². The van der Waals surface area contributed by atoms with Crippen LogP contribution in [0.3, 0.4) is 0 Å². The third-order valence-corrected chi connectivity index (χ3v) is 9.35. The summed E-state index contributed by atoms with van der Waals surface area (Å²) in [4.78, 5) is 18.0. The van der Waals surface area contributed by atoms with Crippen LogP contribution in [0, 0.1) is 0 Å². The fraction of sp³-hybridized carbons (Fsp3) is 0.483. The Bertz CT molecular complexity index is 1460. The number of fused-ring (bicyclic) bond motifs is 2. The molecule has 1 fully saturated rings. The molecule has 0 saturated heterocycles. The van der Waals surface area contributed by atoms with E-state index in [2.05, 4.69) is 20.7 Å². The number of rotatable bonds is 4. The highest BCUT2D eigenvalue weighted by Gasteiger charge is 2.47. The average molecular weight is 569 g/mol. The van der Waals surface area contributed by atoms with Crippen molar-refractivity contribution in [2.75, 3.05) is 29.2 Å². The molecule has 4 N–H and O–H groups in total. The van der Waals surface area contributed by atoms with Crippen molar-refractivity contribution in [3.05, 3.63) is 48.3 Å². The number of amides is 1. The van der Waals surface area contributed by atoms with Gasteiger partial charge >= 0.3 is 0 Å². The Morgan fingerprint density at radius 2 is 1.68 bits per heavy atom. The zero-order valence-electron chi connectivity index (χ0n) is 22.8. The van der Waals surface area contributed by atoms with Gasteiger partial charge in [0.2, 0.25) is 0 Å². The number of nitrogens with one attached hydrogen (secondary N) is 2. The van der Waals surface area contributed by atoms with E-state index in [1.807, 2.05) is 0 Å². The van der Waals surface area contributed by atoms with Gasteiger partial charge in [0, 0.05) is 24.6 Å². The number of aromatic nitrogens is 3. The normalized spacial score (nSPS) is 19.7. The van der Waals surface area contributed by atoms with E-state index in [0.29, 0.717) is 35.5 Å². The van der Waals surface area contributed by atoms with Gasteiger partial charge in [-0.15, -0.1) is 0 Å². The molecule has 40 heavy (non-hydrogen) atoms. The number of halogens is 1. The number of hydrogen-bond acceptors (Lipinski definition) is 7. The summed E-state index contributed by atoms with van der Waals surface area (Å²) < 4.78 is 41.2. The number of nitrogens with zero attached hydrogens (tertiary/aromatic N) is 3. The molecule has 0 radical (unpaired) electrons. The average Bonchev–Trinajstić information content (AvgIpc) is 3.25. The third-order valence-electron chi connectivity index (χ3n) is 8.23. The molecule has 0 bridgehead atoms. The van der Waals surface area contributed by atoms with E-state index < -0.39 is 27.5 Å². The number of nitrogens with two attached hydrogens (primary N) is 1. The number of carbonyl (C=O) groups excluding carboxylic acids is 1. The fourth-order valence-corrected chi connectivity index (χ4v) is 6.67. The van der Waals surface area contributed by atoms with Crippen molar-refractivity contribution in [1.29, 1.82) is 0 Å². The van der Waals surface area contributed by atoms with Crippen LogP contribution < -0.4 is 16.4 Å². The summed E-state index contributed by atoms with van der Waals surface area (Å²) in [6, 6.07) is 8.17. The van der Waals surface area contributed by atoms with Gasteiger partial charge in [-0.2, -0.15) is 5.10 Å². The molecule has 2 aliphatic rings. The van der Waals surface area contributed by atoms with Crippen LogP contribution in [0.15, 0.2) is 47.6 Å². The lowest BCUT2D eigenvalue weighted by molar-refractivity contribution is 0.0738. The van der Waals surface area contributed by atoms with Crippen LogP contribution in [0.4, 0.5) is 21.7 Å². The summed E-state index contributed by atoms with van der Waals surface area (Å²) in [5, 5.41) is 10.6. The first kappa shape index (κ1) is 28.1. The van der Waals surface area contributed by atoms with E-state index in [0.717, 1.165) is 44.8 Å². The number of sulfone groups is 1. The van der Waals surface area contributed by atoms with Crippen molar-refractivity contribution in [1.82, 2.24) is 14.8 Å². The monoisotopic (exact) mass is 568 g/mol. The maximum Gasteiger partial charge on any atom is 0.263 e. The van der Waals surface area contributed by atoms with E-state index in [1.165, 1.54) is 31.2 Å². The Morgan fingerprint density at radius 1 is 1.05 bits per heavy atom. The molecule has 1 unspecified atom stereocenters. The number of benzene rings is 1. The quantitative estimate of drug-likeness (QED) is 0.376. The Morgan fingerprint density at radius 3 is 2.30 bits per heavy atom. The molecule has 5 rings (SSSR count). The summed E-state index contributed by atoms with van der Waals surface area (Å²) >= 11 is 0. The SMILES string of the molecule is CS(=O)(=O)c1ccc(-c2ccncc2NC(=O)c2c(N)nn3c2NCC(F)C32CCCCCCCCCC2)cc1. The minimum atomic E-state index is -3.34. The molecule has 214 valence electrons. The lowest BCUT2D eigenvalue weighted by atomic mass is 9.81. The van der Waals surface area contributed by atoms with Crippen LogP contribution in [-0.2, 0) is 15.4 Å². The Kier molecular flexibility index (Phi) is 8.11. The van der Waals surface area contributed by atoms with Crippen molar-refractivity contribution in [2.24, 2.45) is 0 Å². The zero-order chi connectivity index (χ0) is 28.3. The molecule has 3 heterocycles. The van der Waals surface area contributed by atoms with Crippen molar-refractivity contribution in [3.8, 4) is 11.1 Å². The van der Waals surface area contributed by atoms with Gasteiger partial charge in [0.15, 0.2) is 15.7 Å². The second-order valence-corrected chi connectivity index (χ2v) is 13.0. The van der Waals surface area contributed by atoms with E-state index in [9.17, 15) is 13.2 Å². The lowest BCUT2D eigenvalue weighted by Crippen LogP contribution is -2.51. The maximum atomic E-state index is 15.8. The van der Waals surface area contributed by atoms with Crippen molar-refractivity contribution < 1.29 is 17.6 Å². The first-order valence-electron chi connectivity index (χ1n) is 14.0. The molecule has 1 saturated carbocycles. The number of alkyl halides is 1. The fourth-order valence-electron chi connectivity index (χ4n) is 6.04. The largest absolute Gasteiger partial charge is 0.381 e. The smallest absolute Gasteiger partial charge is 0.263 e. The standard InChI is InChI=1S/C29H37FN6O3S/c1-40(38,39)21-12-10-20(11-13-21)22-14-17-32-18-23(22)34-28(37)25-26(31)35-36-27(25)33-19-24(30)29(36)15-8-6-4-2-3-5-7-9-16-29/h10-14,17-18,24,33H,2-9,15-16,19H2,1H3,(H2,31,35)(H,34,37). The van der Waals surface area contributed by atoms with E-state index >= 15 is 4.39 Å². The summed E-state index contributed by atoms with van der Waals surface area (Å²) in [5.74, 6) is 0.0184. The molecule has 1 spiro atoms. The molecular weight excluding hydrogens is 531 g/mol. The number of hydrogen-bond donors (Lipinski definition) is 3. The van der Waals surface area contributed by atoms with E-state index in [1.54, 1.807) is 29.1 Å². The molecule has 3 aromatic rings. The molecule has 1 aliphatic heterocycles. The van der Waals surface area contributed by atoms with Gasteiger partial charge in [0.05, 0.1) is 22.3 Å². The van der Waals surface area contributed by atoms with Gasteiger partial charge in [0.25, 0.3) is 5.91 Å². The second-order valence-electron chi connectivity index (χ2n) is 11.0. The van der Waals surface area contributed by atoms with Gasteiger partial charge in [-0.1, -0.05) is 63.5 Å². The summed E-state index contributed by atoms with van der Waals surface area (Å²) in [5.41, 5.74) is 7.50. The lowest BCUT2D eigenvalue weighted by Gasteiger charge is -2.42. The molecule has 9 nitrogen and oxygen atoms in total. The van der Waals surface area contributed by atoms with E-state index in [-0.39, 0.29) is 22.8 Å². The van der Waals surface area contributed by atoms with Gasteiger partial charge in [-0.25, -0.2) is 17.5 Å². The van der Waals surface area contributed by atoms with Gasteiger partial charge < -0.3 is 16.4 Å². The molecule has 2 aromatic heterocycles. The highest BCUT2D eigenvalue weighted by molar-refractivity contribution is 7.90. The molecule has 1 atom stereocenters. The molecule has 11 heteroatoms. The number of nitrogen functional groups attached to an aromatic ring is 1. The van der Waals surface area contributed by atoms with E-state index in [4.69, 9.17) is 5.73 Å². The minimum Gasteiger partial charge on any atom is -0.381 e. The topological polar surface area (TPSA) is 132 Å². The van der Waals surface area contributed by atoms with Crippen molar-refractivity contribution in [2.45, 2.75) is 80.8 Å². The molecule has 1 aliphatic carbocycles. The predicted molar refractivity (Wildman–Crippen MR) is 155 cm³/mol. The molecule has 1 amide bonds. The summed E-state index contributed by atoms with van der Waals surface area (Å²) in [6.45, 7) is 0.0935. The van der Waals surface area contributed by atoms with Crippen molar-refractivity contribution in [3.63, 3.8) is 0 Å². The van der Waals surface area contributed by atoms with Crippen LogP contribution in [-0.4, -0.2) is 48.1 Å². The molecule has 1 aromatic carbocycles. The summed E-state index contributed by atoms with van der Waals surface area (Å²) in [6.07, 6.45) is 13.1. The van der Waals surface area contributed by atoms with Gasteiger partial charge in [-0.3, -0.25) is 9.78 Å². The van der Waals surface area contributed by atoms with Crippen LogP contribution in [0.1, 0.15) is 74.6 Å². The summed E-state index contributed by atoms with van der Waals surface area (Å²) in [7, 11) is -3.34. The van der Waals surface area contributed by atoms with Crippen LogP contribution >= 0.6 is 0 Å². The Hall–Kier alpha value is -3.47. The minimum absolute atomic E-state index is 0.0470. The zero-order valence-corrected chi connectivity index (χ0v) is 23.6. The third kappa shape index (κ3) is 5.56. The number of pyridine rings is 1. The Labute approximate surface area is 234 Å². The van der Waals surface area contributed by atoms with Crippen LogP contribution in [0.2, 0.25) is 0 Å². The van der Waals surface area contributed by atoms with Crippen LogP contribution in [0.25, 0.3) is 11.1 Å². The number of anilines is 3. The predicted octanol–water partition coefficient (Wildman–Crippen LogP) is 5.56. The highest BCUT2D eigenvalue weighted by atomic mass is 32.2. The van der Waals surface area contributed by atoms with Gasteiger partial charge in [0.1, 0.15) is 17.6 Å². The molecular formula is C29H37FN6O3S. The Balaban J connectivity index is 1.46. The second kappa shape index (κ2) is 11.6. The highest BCUT2D eigenvalue weighted by Crippen LogP contribution is 2.43. The van der Waals surface area contributed by atoms with Crippen molar-refractivity contribution >= 4 is 33.1 Å². The number of carbonyl (C=O) groups is 1. The van der Waals surface area contributed by atoms with Crippen LogP contribution in [0.5, 0.6) is 0 Å². The first-order chi connectivity index (χ1) is 19.2. The maximum absolute atomic E-state index is 15.8. The first-order valence-corrected chi connectivity index (χ1v) is 15.9.